The summed E-state index contributed by atoms with van der Waals surface area (Å²) >= 11 is 0. The molecule has 0 heterocycles. The standard InChI is InChI=1S/C13H14/c1-3-11-7-8-12-6-4-5-10(2)13(12)9-11/h4-5,7-9H,2-3,6H2,1H3. The van der Waals surface area contributed by atoms with Gasteiger partial charge in [0.15, 0.2) is 0 Å². The van der Waals surface area contributed by atoms with Crippen LogP contribution in [0.25, 0.3) is 5.57 Å². The van der Waals surface area contributed by atoms with Crippen molar-refractivity contribution in [2.45, 2.75) is 19.8 Å². The van der Waals surface area contributed by atoms with Gasteiger partial charge in [-0.3, -0.25) is 0 Å². The molecule has 0 amide bonds. The first-order valence-corrected chi connectivity index (χ1v) is 4.79. The molecule has 0 nitrogen and oxygen atoms in total. The van der Waals surface area contributed by atoms with Crippen molar-refractivity contribution in [1.82, 2.24) is 0 Å². The first-order chi connectivity index (χ1) is 6.31. The van der Waals surface area contributed by atoms with Gasteiger partial charge >= 0.3 is 0 Å². The molecule has 0 aromatic heterocycles. The summed E-state index contributed by atoms with van der Waals surface area (Å²) in [5, 5.41) is 0. The second-order valence-corrected chi connectivity index (χ2v) is 3.48. The Balaban J connectivity index is 2.51. The van der Waals surface area contributed by atoms with Crippen LogP contribution in [0.4, 0.5) is 0 Å². The molecule has 0 aliphatic heterocycles. The molecule has 0 saturated carbocycles. The zero-order chi connectivity index (χ0) is 9.26. The van der Waals surface area contributed by atoms with Gasteiger partial charge in [-0.05, 0) is 35.1 Å². The molecule has 1 aromatic rings. The highest BCUT2D eigenvalue weighted by Gasteiger charge is 2.07. The molecule has 1 aromatic carbocycles. The SMILES string of the molecule is C=C1C=CCc2ccc(CC)cc21. The highest BCUT2D eigenvalue weighted by Crippen LogP contribution is 2.25. The number of allylic oxidation sites excluding steroid dienone is 3. The van der Waals surface area contributed by atoms with E-state index in [0.717, 1.165) is 18.4 Å². The lowest BCUT2D eigenvalue weighted by atomic mass is 9.91. The van der Waals surface area contributed by atoms with Crippen LogP contribution in [-0.4, -0.2) is 0 Å². The highest BCUT2D eigenvalue weighted by atomic mass is 14.1. The van der Waals surface area contributed by atoms with Crippen molar-refractivity contribution < 1.29 is 0 Å². The third kappa shape index (κ3) is 1.44. The van der Waals surface area contributed by atoms with E-state index in [1.54, 1.807) is 0 Å². The molecule has 0 unspecified atom stereocenters. The Morgan fingerprint density at radius 1 is 1.38 bits per heavy atom. The minimum Gasteiger partial charge on any atom is -0.0912 e. The maximum atomic E-state index is 4.04. The summed E-state index contributed by atoms with van der Waals surface area (Å²) in [6.45, 7) is 6.23. The fourth-order valence-corrected chi connectivity index (χ4v) is 1.74. The molecule has 0 heteroatoms. The number of rotatable bonds is 1. The van der Waals surface area contributed by atoms with Gasteiger partial charge in [-0.1, -0.05) is 43.9 Å². The van der Waals surface area contributed by atoms with Crippen molar-refractivity contribution in [3.63, 3.8) is 0 Å². The molecule has 0 atom stereocenters. The van der Waals surface area contributed by atoms with E-state index in [4.69, 9.17) is 0 Å². The highest BCUT2D eigenvalue weighted by molar-refractivity contribution is 5.76. The third-order valence-corrected chi connectivity index (χ3v) is 2.59. The monoisotopic (exact) mass is 170 g/mol. The Bertz CT molecular complexity index is 370. The van der Waals surface area contributed by atoms with E-state index in [0.29, 0.717) is 0 Å². The second-order valence-electron chi connectivity index (χ2n) is 3.48. The van der Waals surface area contributed by atoms with Gasteiger partial charge in [0.25, 0.3) is 0 Å². The summed E-state index contributed by atoms with van der Waals surface area (Å²) in [7, 11) is 0. The molecule has 0 N–H and O–H groups in total. The maximum absolute atomic E-state index is 4.04. The van der Waals surface area contributed by atoms with E-state index < -0.39 is 0 Å². The Hall–Kier alpha value is -1.30. The van der Waals surface area contributed by atoms with Crippen molar-refractivity contribution in [2.75, 3.05) is 0 Å². The smallest absolute Gasteiger partial charge is 0.00880 e. The lowest BCUT2D eigenvalue weighted by Gasteiger charge is -2.13. The second kappa shape index (κ2) is 3.21. The fraction of sp³-hybridized carbons (Fsp3) is 0.231. The van der Waals surface area contributed by atoms with Gasteiger partial charge < -0.3 is 0 Å². The number of hydrogen-bond acceptors (Lipinski definition) is 0. The zero-order valence-electron chi connectivity index (χ0n) is 8.01. The molecule has 66 valence electrons. The van der Waals surface area contributed by atoms with Gasteiger partial charge in [0.05, 0.1) is 0 Å². The van der Waals surface area contributed by atoms with Gasteiger partial charge in [-0.15, -0.1) is 0 Å². The summed E-state index contributed by atoms with van der Waals surface area (Å²) in [5.41, 5.74) is 5.29. The average molecular weight is 170 g/mol. The van der Waals surface area contributed by atoms with Crippen molar-refractivity contribution in [3.05, 3.63) is 53.6 Å². The lowest BCUT2D eigenvalue weighted by Crippen LogP contribution is -1.96. The van der Waals surface area contributed by atoms with Crippen LogP contribution in [0.1, 0.15) is 23.6 Å². The van der Waals surface area contributed by atoms with Crippen LogP contribution in [0.15, 0.2) is 36.9 Å². The summed E-state index contributed by atoms with van der Waals surface area (Å²) in [6.07, 6.45) is 6.45. The quantitative estimate of drug-likeness (QED) is 0.606. The van der Waals surface area contributed by atoms with Gasteiger partial charge in [-0.25, -0.2) is 0 Å². The molecule has 0 bridgehead atoms. The summed E-state index contributed by atoms with van der Waals surface area (Å²) in [5.74, 6) is 0. The molecule has 0 radical (unpaired) electrons. The van der Waals surface area contributed by atoms with E-state index in [1.807, 2.05) is 0 Å². The van der Waals surface area contributed by atoms with Crippen LogP contribution in [0.3, 0.4) is 0 Å². The number of benzene rings is 1. The van der Waals surface area contributed by atoms with Gasteiger partial charge in [0, 0.05) is 0 Å². The van der Waals surface area contributed by atoms with Crippen LogP contribution in [0.5, 0.6) is 0 Å². The number of hydrogen-bond donors (Lipinski definition) is 0. The van der Waals surface area contributed by atoms with E-state index in [9.17, 15) is 0 Å². The maximum Gasteiger partial charge on any atom is -0.00880 e. The van der Waals surface area contributed by atoms with Crippen LogP contribution in [0.2, 0.25) is 0 Å². The Morgan fingerprint density at radius 3 is 3.00 bits per heavy atom. The van der Waals surface area contributed by atoms with Crippen LogP contribution < -0.4 is 0 Å². The third-order valence-electron chi connectivity index (χ3n) is 2.59. The Morgan fingerprint density at radius 2 is 2.23 bits per heavy atom. The topological polar surface area (TPSA) is 0 Å². The van der Waals surface area contributed by atoms with Crippen molar-refractivity contribution in [3.8, 4) is 0 Å². The summed E-state index contributed by atoms with van der Waals surface area (Å²) < 4.78 is 0. The Kier molecular flexibility index (Phi) is 2.05. The van der Waals surface area contributed by atoms with Crippen molar-refractivity contribution in [2.24, 2.45) is 0 Å². The molecule has 1 aliphatic carbocycles. The number of aryl methyl sites for hydroxylation is 1. The van der Waals surface area contributed by atoms with E-state index in [-0.39, 0.29) is 0 Å². The molecule has 1 aliphatic rings. The predicted octanol–water partition coefficient (Wildman–Crippen LogP) is 3.37. The van der Waals surface area contributed by atoms with Crippen molar-refractivity contribution in [1.29, 1.82) is 0 Å². The Labute approximate surface area is 79.6 Å². The first kappa shape index (κ1) is 8.31. The molecule has 0 fully saturated rings. The van der Waals surface area contributed by atoms with Gasteiger partial charge in [0.1, 0.15) is 0 Å². The number of fused-ring (bicyclic) bond motifs is 1. The van der Waals surface area contributed by atoms with Crippen LogP contribution >= 0.6 is 0 Å². The van der Waals surface area contributed by atoms with Crippen LogP contribution in [0, 0.1) is 0 Å². The average Bonchev–Trinajstić information content (AvgIpc) is 2.18. The minimum atomic E-state index is 1.05. The molecular formula is C13H14. The minimum absolute atomic E-state index is 1.05. The largest absolute Gasteiger partial charge is 0.0912 e. The fourth-order valence-electron chi connectivity index (χ4n) is 1.74. The van der Waals surface area contributed by atoms with E-state index in [2.05, 4.69) is 43.9 Å². The van der Waals surface area contributed by atoms with Crippen molar-refractivity contribution >= 4 is 5.57 Å². The lowest BCUT2D eigenvalue weighted by molar-refractivity contribution is 1.12. The van der Waals surface area contributed by atoms with Gasteiger partial charge in [0.2, 0.25) is 0 Å². The summed E-state index contributed by atoms with van der Waals surface area (Å²) in [6, 6.07) is 6.70. The normalized spacial score (nSPS) is 14.4. The molecule has 13 heavy (non-hydrogen) atoms. The molecule has 0 spiro atoms. The molecule has 2 rings (SSSR count). The predicted molar refractivity (Wildman–Crippen MR) is 57.7 cm³/mol. The van der Waals surface area contributed by atoms with E-state index >= 15 is 0 Å². The van der Waals surface area contributed by atoms with Gasteiger partial charge in [-0.2, -0.15) is 0 Å². The zero-order valence-corrected chi connectivity index (χ0v) is 8.01. The van der Waals surface area contributed by atoms with Crippen LogP contribution in [-0.2, 0) is 12.8 Å². The molecular weight excluding hydrogens is 156 g/mol. The summed E-state index contributed by atoms with van der Waals surface area (Å²) in [4.78, 5) is 0. The van der Waals surface area contributed by atoms with E-state index in [1.165, 1.54) is 16.7 Å². The molecule has 0 saturated heterocycles. The first-order valence-electron chi connectivity index (χ1n) is 4.79.